The summed E-state index contributed by atoms with van der Waals surface area (Å²) < 4.78 is 21.5. The first-order valence-corrected chi connectivity index (χ1v) is 8.26. The first-order chi connectivity index (χ1) is 10.8. The number of aromatic nitrogens is 2. The first-order valence-electron chi connectivity index (χ1n) is 8.26. The minimum Gasteiger partial charge on any atom is -0.375 e. The summed E-state index contributed by atoms with van der Waals surface area (Å²) in [6, 6.07) is 5.41. The molecule has 2 aliphatic rings. The summed E-state index contributed by atoms with van der Waals surface area (Å²) in [6.45, 7) is 5.57. The zero-order valence-corrected chi connectivity index (χ0v) is 13.0. The fraction of sp³-hybridized carbons (Fsp3) is 0.588. The number of hydrogen-bond acceptors (Lipinski definition) is 3. The summed E-state index contributed by atoms with van der Waals surface area (Å²) in [5.41, 5.74) is 1.78. The lowest BCUT2D eigenvalue weighted by Crippen LogP contribution is -2.48. The Morgan fingerprint density at radius 2 is 2.27 bits per heavy atom. The van der Waals surface area contributed by atoms with E-state index in [1.165, 1.54) is 31.4 Å². The van der Waals surface area contributed by atoms with E-state index in [1.54, 1.807) is 0 Å². The lowest BCUT2D eigenvalue weighted by molar-refractivity contribution is -0.0598. The number of fused-ring (bicyclic) bond motifs is 2. The van der Waals surface area contributed by atoms with Crippen LogP contribution in [0.25, 0.3) is 11.0 Å². The number of nitrogens with zero attached hydrogens (tertiary/aromatic N) is 3. The Kier molecular flexibility index (Phi) is 3.62. The third-order valence-corrected chi connectivity index (χ3v) is 5.05. The molecule has 4 rings (SSSR count). The van der Waals surface area contributed by atoms with Gasteiger partial charge in [0.05, 0.1) is 30.3 Å². The number of morpholine rings is 1. The predicted molar refractivity (Wildman–Crippen MR) is 83.2 cm³/mol. The Hall–Kier alpha value is -1.46. The molecule has 1 saturated heterocycles. The van der Waals surface area contributed by atoms with Crippen molar-refractivity contribution in [2.45, 2.75) is 51.4 Å². The molecular formula is C17H22FN3O. The van der Waals surface area contributed by atoms with Crippen LogP contribution in [-0.4, -0.2) is 39.7 Å². The Morgan fingerprint density at radius 3 is 3.14 bits per heavy atom. The van der Waals surface area contributed by atoms with Crippen LogP contribution in [-0.2, 0) is 17.8 Å². The van der Waals surface area contributed by atoms with Crippen molar-refractivity contribution >= 4 is 11.0 Å². The number of rotatable bonds is 3. The molecule has 0 radical (unpaired) electrons. The normalized spacial score (nSPS) is 25.7. The first kappa shape index (κ1) is 14.2. The zero-order chi connectivity index (χ0) is 15.1. The van der Waals surface area contributed by atoms with E-state index >= 15 is 0 Å². The zero-order valence-electron chi connectivity index (χ0n) is 13.0. The molecule has 0 amide bonds. The second-order valence-corrected chi connectivity index (χ2v) is 6.28. The van der Waals surface area contributed by atoms with E-state index < -0.39 is 0 Å². The van der Waals surface area contributed by atoms with E-state index in [0.29, 0.717) is 12.1 Å². The van der Waals surface area contributed by atoms with Gasteiger partial charge < -0.3 is 9.30 Å². The third kappa shape index (κ3) is 2.32. The fourth-order valence-corrected chi connectivity index (χ4v) is 4.01. The highest BCUT2D eigenvalue weighted by molar-refractivity contribution is 5.76. The number of aryl methyl sites for hydroxylation is 1. The SMILES string of the molecule is CCn1c(CN2CCO[C@H]3CCC[C@@H]32)nc2cc(F)ccc21. The van der Waals surface area contributed by atoms with Gasteiger partial charge >= 0.3 is 0 Å². The molecule has 2 aromatic rings. The molecule has 0 N–H and O–H groups in total. The molecule has 0 bridgehead atoms. The van der Waals surface area contributed by atoms with Crippen molar-refractivity contribution in [2.75, 3.05) is 13.2 Å². The van der Waals surface area contributed by atoms with Crippen molar-refractivity contribution in [1.29, 1.82) is 0 Å². The van der Waals surface area contributed by atoms with Crippen LogP contribution in [0.5, 0.6) is 0 Å². The molecule has 1 aliphatic heterocycles. The number of ether oxygens (including phenoxy) is 1. The largest absolute Gasteiger partial charge is 0.375 e. The van der Waals surface area contributed by atoms with Gasteiger partial charge in [0, 0.05) is 25.2 Å². The van der Waals surface area contributed by atoms with Gasteiger partial charge in [-0.3, -0.25) is 4.90 Å². The second-order valence-electron chi connectivity index (χ2n) is 6.28. The topological polar surface area (TPSA) is 30.3 Å². The van der Waals surface area contributed by atoms with Gasteiger partial charge in [0.1, 0.15) is 11.6 Å². The minimum atomic E-state index is -0.220. The van der Waals surface area contributed by atoms with Crippen LogP contribution >= 0.6 is 0 Å². The Labute approximate surface area is 129 Å². The highest BCUT2D eigenvalue weighted by atomic mass is 19.1. The molecule has 2 fully saturated rings. The minimum absolute atomic E-state index is 0.220. The summed E-state index contributed by atoms with van der Waals surface area (Å²) in [5, 5.41) is 0. The molecule has 1 aliphatic carbocycles. The number of benzene rings is 1. The molecule has 118 valence electrons. The Balaban J connectivity index is 1.65. The summed E-state index contributed by atoms with van der Waals surface area (Å²) in [4.78, 5) is 7.20. The van der Waals surface area contributed by atoms with Crippen LogP contribution in [0.4, 0.5) is 4.39 Å². The number of hydrogen-bond donors (Lipinski definition) is 0. The molecule has 22 heavy (non-hydrogen) atoms. The van der Waals surface area contributed by atoms with Gasteiger partial charge in [-0.05, 0) is 38.3 Å². The number of imidazole rings is 1. The van der Waals surface area contributed by atoms with Gasteiger partial charge in [0.2, 0.25) is 0 Å². The third-order valence-electron chi connectivity index (χ3n) is 5.05. The second kappa shape index (κ2) is 5.63. The van der Waals surface area contributed by atoms with E-state index in [9.17, 15) is 4.39 Å². The molecule has 4 nitrogen and oxygen atoms in total. The van der Waals surface area contributed by atoms with E-state index in [2.05, 4.69) is 16.4 Å². The van der Waals surface area contributed by atoms with Crippen molar-refractivity contribution in [3.8, 4) is 0 Å². The molecular weight excluding hydrogens is 281 g/mol. The van der Waals surface area contributed by atoms with Gasteiger partial charge in [0.15, 0.2) is 0 Å². The molecule has 1 aromatic carbocycles. The lowest BCUT2D eigenvalue weighted by Gasteiger charge is -2.37. The average molecular weight is 303 g/mol. The van der Waals surface area contributed by atoms with Crippen LogP contribution in [0.1, 0.15) is 32.0 Å². The van der Waals surface area contributed by atoms with Crippen LogP contribution in [0.2, 0.25) is 0 Å². The van der Waals surface area contributed by atoms with E-state index in [4.69, 9.17) is 9.72 Å². The van der Waals surface area contributed by atoms with Gasteiger partial charge in [-0.25, -0.2) is 9.37 Å². The summed E-state index contributed by atoms with van der Waals surface area (Å²) in [6.07, 6.45) is 4.04. The molecule has 0 unspecified atom stereocenters. The van der Waals surface area contributed by atoms with E-state index in [0.717, 1.165) is 43.1 Å². The van der Waals surface area contributed by atoms with Crippen LogP contribution in [0.3, 0.4) is 0 Å². The summed E-state index contributed by atoms with van der Waals surface area (Å²) >= 11 is 0. The van der Waals surface area contributed by atoms with E-state index in [-0.39, 0.29) is 5.82 Å². The molecule has 1 saturated carbocycles. The van der Waals surface area contributed by atoms with Crippen molar-refractivity contribution in [1.82, 2.24) is 14.5 Å². The maximum atomic E-state index is 13.4. The van der Waals surface area contributed by atoms with Gasteiger partial charge in [-0.1, -0.05) is 0 Å². The average Bonchev–Trinajstić information content (AvgIpc) is 3.11. The smallest absolute Gasteiger partial charge is 0.125 e. The molecule has 0 spiro atoms. The Morgan fingerprint density at radius 1 is 1.36 bits per heavy atom. The molecule has 1 aromatic heterocycles. The summed E-state index contributed by atoms with van der Waals surface area (Å²) in [5.74, 6) is 0.817. The van der Waals surface area contributed by atoms with Gasteiger partial charge in [-0.2, -0.15) is 0 Å². The van der Waals surface area contributed by atoms with Crippen LogP contribution in [0, 0.1) is 5.82 Å². The van der Waals surface area contributed by atoms with Crippen molar-refractivity contribution in [3.05, 3.63) is 29.8 Å². The molecule has 2 heterocycles. The van der Waals surface area contributed by atoms with Gasteiger partial charge in [-0.15, -0.1) is 0 Å². The highest BCUT2D eigenvalue weighted by Gasteiger charge is 2.36. The fourth-order valence-electron chi connectivity index (χ4n) is 4.01. The lowest BCUT2D eigenvalue weighted by atomic mass is 10.1. The van der Waals surface area contributed by atoms with Crippen LogP contribution < -0.4 is 0 Å². The van der Waals surface area contributed by atoms with Gasteiger partial charge in [0.25, 0.3) is 0 Å². The Bertz CT molecular complexity index is 684. The van der Waals surface area contributed by atoms with Crippen molar-refractivity contribution in [3.63, 3.8) is 0 Å². The monoisotopic (exact) mass is 303 g/mol. The maximum absolute atomic E-state index is 13.4. The summed E-state index contributed by atoms with van der Waals surface area (Å²) in [7, 11) is 0. The standard InChI is InChI=1S/C17H22FN3O/c1-2-21-14-7-6-12(18)10-13(14)19-17(21)11-20-8-9-22-16-5-3-4-15(16)20/h6-7,10,15-16H,2-5,8-9,11H2,1H3/t15-,16-/m0/s1. The van der Waals surface area contributed by atoms with Crippen LogP contribution in [0.15, 0.2) is 18.2 Å². The van der Waals surface area contributed by atoms with Crippen molar-refractivity contribution in [2.24, 2.45) is 0 Å². The van der Waals surface area contributed by atoms with Crippen molar-refractivity contribution < 1.29 is 9.13 Å². The quantitative estimate of drug-likeness (QED) is 0.873. The molecule has 2 atom stereocenters. The maximum Gasteiger partial charge on any atom is 0.125 e. The predicted octanol–water partition coefficient (Wildman–Crippen LogP) is 2.95. The van der Waals surface area contributed by atoms with E-state index in [1.807, 2.05) is 6.07 Å². The highest BCUT2D eigenvalue weighted by Crippen LogP contribution is 2.31. The number of halogens is 1. The molecule has 5 heteroatoms.